The van der Waals surface area contributed by atoms with E-state index in [0.717, 1.165) is 16.8 Å². The fourth-order valence-corrected chi connectivity index (χ4v) is 1.81. The number of halogens is 1. The van der Waals surface area contributed by atoms with Crippen molar-refractivity contribution in [2.24, 2.45) is 0 Å². The van der Waals surface area contributed by atoms with Crippen LogP contribution in [-0.2, 0) is 11.2 Å². The molecule has 0 aliphatic carbocycles. The number of carbonyl (C=O) groups excluding carboxylic acids is 1. The van der Waals surface area contributed by atoms with E-state index in [0.29, 0.717) is 5.69 Å². The summed E-state index contributed by atoms with van der Waals surface area (Å²) in [6.07, 6.45) is 0.212. The molecule has 2 aromatic rings. The SMILES string of the molecule is Cc1cc(N)ccc1NC(=O)Cc1ccc(F)cc1. The van der Waals surface area contributed by atoms with Crippen molar-refractivity contribution in [3.63, 3.8) is 0 Å². The number of nitrogens with two attached hydrogens (primary N) is 1. The second kappa shape index (κ2) is 5.52. The number of carbonyl (C=O) groups is 1. The van der Waals surface area contributed by atoms with Crippen LogP contribution in [0.15, 0.2) is 42.5 Å². The first-order valence-electron chi connectivity index (χ1n) is 5.95. The summed E-state index contributed by atoms with van der Waals surface area (Å²) in [7, 11) is 0. The first-order valence-corrected chi connectivity index (χ1v) is 5.95. The summed E-state index contributed by atoms with van der Waals surface area (Å²) < 4.78 is 12.7. The van der Waals surface area contributed by atoms with E-state index in [1.165, 1.54) is 12.1 Å². The molecule has 0 saturated heterocycles. The van der Waals surface area contributed by atoms with Gasteiger partial charge in [0.25, 0.3) is 0 Å². The topological polar surface area (TPSA) is 55.1 Å². The van der Waals surface area contributed by atoms with Crippen molar-refractivity contribution in [1.82, 2.24) is 0 Å². The van der Waals surface area contributed by atoms with Crippen LogP contribution in [0.25, 0.3) is 0 Å². The van der Waals surface area contributed by atoms with E-state index in [2.05, 4.69) is 5.32 Å². The molecule has 19 heavy (non-hydrogen) atoms. The van der Waals surface area contributed by atoms with Crippen LogP contribution in [0.5, 0.6) is 0 Å². The van der Waals surface area contributed by atoms with Gasteiger partial charge in [0, 0.05) is 11.4 Å². The van der Waals surface area contributed by atoms with Crippen molar-refractivity contribution >= 4 is 17.3 Å². The fourth-order valence-electron chi connectivity index (χ4n) is 1.81. The van der Waals surface area contributed by atoms with Gasteiger partial charge in [-0.1, -0.05) is 12.1 Å². The molecule has 3 nitrogen and oxygen atoms in total. The molecule has 2 aromatic carbocycles. The highest BCUT2D eigenvalue weighted by Crippen LogP contribution is 2.18. The molecule has 0 heterocycles. The molecule has 0 radical (unpaired) electrons. The fraction of sp³-hybridized carbons (Fsp3) is 0.133. The molecule has 0 atom stereocenters. The Morgan fingerprint density at radius 3 is 2.53 bits per heavy atom. The number of benzene rings is 2. The third kappa shape index (κ3) is 3.55. The summed E-state index contributed by atoms with van der Waals surface area (Å²) in [5.74, 6) is -0.446. The molecule has 4 heteroatoms. The van der Waals surface area contributed by atoms with Gasteiger partial charge in [-0.15, -0.1) is 0 Å². The van der Waals surface area contributed by atoms with Crippen LogP contribution >= 0.6 is 0 Å². The van der Waals surface area contributed by atoms with Crippen molar-refractivity contribution in [1.29, 1.82) is 0 Å². The zero-order valence-electron chi connectivity index (χ0n) is 10.6. The third-order valence-electron chi connectivity index (χ3n) is 2.80. The van der Waals surface area contributed by atoms with E-state index >= 15 is 0 Å². The van der Waals surface area contributed by atoms with E-state index in [1.807, 2.05) is 6.92 Å². The van der Waals surface area contributed by atoms with E-state index in [-0.39, 0.29) is 18.1 Å². The lowest BCUT2D eigenvalue weighted by Crippen LogP contribution is -2.15. The summed E-state index contributed by atoms with van der Waals surface area (Å²) in [5, 5.41) is 2.81. The number of anilines is 2. The van der Waals surface area contributed by atoms with Crippen molar-refractivity contribution < 1.29 is 9.18 Å². The quantitative estimate of drug-likeness (QED) is 0.832. The molecule has 98 valence electrons. The zero-order chi connectivity index (χ0) is 13.8. The maximum Gasteiger partial charge on any atom is 0.228 e. The largest absolute Gasteiger partial charge is 0.399 e. The van der Waals surface area contributed by atoms with Crippen molar-refractivity contribution in [2.45, 2.75) is 13.3 Å². The molecule has 0 fully saturated rings. The van der Waals surface area contributed by atoms with Crippen molar-refractivity contribution in [2.75, 3.05) is 11.1 Å². The number of rotatable bonds is 3. The number of aryl methyl sites for hydroxylation is 1. The zero-order valence-corrected chi connectivity index (χ0v) is 10.6. The van der Waals surface area contributed by atoms with Gasteiger partial charge in [0.2, 0.25) is 5.91 Å². The van der Waals surface area contributed by atoms with Crippen LogP contribution in [0.3, 0.4) is 0 Å². The van der Waals surface area contributed by atoms with Crippen LogP contribution < -0.4 is 11.1 Å². The highest BCUT2D eigenvalue weighted by molar-refractivity contribution is 5.93. The van der Waals surface area contributed by atoms with Gasteiger partial charge in [-0.3, -0.25) is 4.79 Å². The first-order chi connectivity index (χ1) is 9.04. The van der Waals surface area contributed by atoms with E-state index in [9.17, 15) is 9.18 Å². The molecule has 0 bridgehead atoms. The summed E-state index contributed by atoms with van der Waals surface area (Å²) in [4.78, 5) is 11.9. The lowest BCUT2D eigenvalue weighted by Gasteiger charge is -2.09. The lowest BCUT2D eigenvalue weighted by atomic mass is 10.1. The van der Waals surface area contributed by atoms with Gasteiger partial charge in [-0.05, 0) is 48.4 Å². The van der Waals surface area contributed by atoms with Crippen LogP contribution in [0.4, 0.5) is 15.8 Å². The van der Waals surface area contributed by atoms with E-state index in [1.54, 1.807) is 30.3 Å². The normalized spacial score (nSPS) is 10.2. The molecule has 2 rings (SSSR count). The minimum atomic E-state index is -0.307. The van der Waals surface area contributed by atoms with Crippen LogP contribution in [-0.4, -0.2) is 5.91 Å². The molecule has 0 aromatic heterocycles. The highest BCUT2D eigenvalue weighted by atomic mass is 19.1. The Bertz CT molecular complexity index is 594. The van der Waals surface area contributed by atoms with Crippen LogP contribution in [0.2, 0.25) is 0 Å². The Hall–Kier alpha value is -2.36. The number of amides is 1. The van der Waals surface area contributed by atoms with Crippen molar-refractivity contribution in [3.8, 4) is 0 Å². The summed E-state index contributed by atoms with van der Waals surface area (Å²) >= 11 is 0. The lowest BCUT2D eigenvalue weighted by molar-refractivity contribution is -0.115. The minimum Gasteiger partial charge on any atom is -0.399 e. The summed E-state index contributed by atoms with van der Waals surface area (Å²) in [5.41, 5.74) is 8.73. The second-order valence-corrected chi connectivity index (χ2v) is 4.43. The molecule has 3 N–H and O–H groups in total. The predicted molar refractivity (Wildman–Crippen MR) is 74.3 cm³/mol. The molecule has 0 unspecified atom stereocenters. The second-order valence-electron chi connectivity index (χ2n) is 4.43. The first kappa shape index (κ1) is 13.1. The van der Waals surface area contributed by atoms with Gasteiger partial charge in [-0.2, -0.15) is 0 Å². The van der Waals surface area contributed by atoms with Crippen LogP contribution in [0, 0.1) is 12.7 Å². The van der Waals surface area contributed by atoms with Gasteiger partial charge in [0.15, 0.2) is 0 Å². The molecule has 0 spiro atoms. The summed E-state index contributed by atoms with van der Waals surface area (Å²) in [6.45, 7) is 1.88. The van der Waals surface area contributed by atoms with Gasteiger partial charge in [0.05, 0.1) is 6.42 Å². The maximum atomic E-state index is 12.7. The number of nitrogens with one attached hydrogen (secondary N) is 1. The Balaban J connectivity index is 2.03. The average Bonchev–Trinajstić information content (AvgIpc) is 2.36. The molecule has 0 saturated carbocycles. The molecule has 0 aliphatic rings. The van der Waals surface area contributed by atoms with E-state index in [4.69, 9.17) is 5.73 Å². The monoisotopic (exact) mass is 258 g/mol. The Kier molecular flexibility index (Phi) is 3.80. The number of hydrogen-bond acceptors (Lipinski definition) is 2. The standard InChI is InChI=1S/C15H15FN2O/c1-10-8-13(17)6-7-14(10)18-15(19)9-11-2-4-12(16)5-3-11/h2-8H,9,17H2,1H3,(H,18,19). The Labute approximate surface area is 111 Å². The van der Waals surface area contributed by atoms with E-state index < -0.39 is 0 Å². The highest BCUT2D eigenvalue weighted by Gasteiger charge is 2.06. The smallest absolute Gasteiger partial charge is 0.228 e. The van der Waals surface area contributed by atoms with Crippen molar-refractivity contribution in [3.05, 3.63) is 59.4 Å². The molecule has 1 amide bonds. The molecular formula is C15H15FN2O. The molecular weight excluding hydrogens is 243 g/mol. The van der Waals surface area contributed by atoms with Gasteiger partial charge in [0.1, 0.15) is 5.82 Å². The maximum absolute atomic E-state index is 12.7. The third-order valence-corrected chi connectivity index (χ3v) is 2.80. The Morgan fingerprint density at radius 2 is 1.89 bits per heavy atom. The van der Waals surface area contributed by atoms with Gasteiger partial charge < -0.3 is 11.1 Å². The van der Waals surface area contributed by atoms with Gasteiger partial charge >= 0.3 is 0 Å². The predicted octanol–water partition coefficient (Wildman–Crippen LogP) is 2.90. The average molecular weight is 258 g/mol. The summed E-state index contributed by atoms with van der Waals surface area (Å²) in [6, 6.07) is 11.2. The molecule has 0 aliphatic heterocycles. The minimum absolute atomic E-state index is 0.139. The Morgan fingerprint density at radius 1 is 1.21 bits per heavy atom. The van der Waals surface area contributed by atoms with Gasteiger partial charge in [-0.25, -0.2) is 4.39 Å². The number of hydrogen-bond donors (Lipinski definition) is 2. The number of nitrogen functional groups attached to an aromatic ring is 1. The van der Waals surface area contributed by atoms with Crippen LogP contribution in [0.1, 0.15) is 11.1 Å².